The highest BCUT2D eigenvalue weighted by Gasteiger charge is 2.03. The molecule has 102 valence electrons. The highest BCUT2D eigenvalue weighted by Crippen LogP contribution is 2.11. The van der Waals surface area contributed by atoms with Crippen molar-refractivity contribution in [3.8, 4) is 0 Å². The van der Waals surface area contributed by atoms with Crippen LogP contribution < -0.4 is 0 Å². The van der Waals surface area contributed by atoms with Gasteiger partial charge >= 0.3 is 0 Å². The van der Waals surface area contributed by atoms with Gasteiger partial charge in [0.1, 0.15) is 5.82 Å². The van der Waals surface area contributed by atoms with Crippen molar-refractivity contribution in [3.63, 3.8) is 0 Å². The van der Waals surface area contributed by atoms with Crippen molar-refractivity contribution >= 4 is 0 Å². The Morgan fingerprint density at radius 3 is 2.89 bits per heavy atom. The van der Waals surface area contributed by atoms with E-state index in [9.17, 15) is 4.39 Å². The average Bonchev–Trinajstić information content (AvgIpc) is 2.87. The minimum Gasteiger partial charge on any atom is -0.302 e. The van der Waals surface area contributed by atoms with Gasteiger partial charge in [0, 0.05) is 25.5 Å². The van der Waals surface area contributed by atoms with Gasteiger partial charge in [-0.1, -0.05) is 12.1 Å². The van der Waals surface area contributed by atoms with Crippen LogP contribution in [0.3, 0.4) is 0 Å². The van der Waals surface area contributed by atoms with E-state index >= 15 is 0 Å². The van der Waals surface area contributed by atoms with Crippen molar-refractivity contribution in [2.24, 2.45) is 0 Å². The Morgan fingerprint density at radius 2 is 2.21 bits per heavy atom. The molecule has 0 unspecified atom stereocenters. The average molecular weight is 261 g/mol. The molecular formula is C15H20FN3. The highest BCUT2D eigenvalue weighted by molar-refractivity contribution is 5.23. The fourth-order valence-electron chi connectivity index (χ4n) is 2.13. The third kappa shape index (κ3) is 4.17. The predicted octanol–water partition coefficient (Wildman–Crippen LogP) is 2.85. The molecule has 0 aliphatic rings. The van der Waals surface area contributed by atoms with E-state index in [1.165, 1.54) is 0 Å². The summed E-state index contributed by atoms with van der Waals surface area (Å²) in [5, 5.41) is 4.17. The van der Waals surface area contributed by atoms with Crippen LogP contribution in [0, 0.1) is 12.7 Å². The fraction of sp³-hybridized carbons (Fsp3) is 0.400. The summed E-state index contributed by atoms with van der Waals surface area (Å²) in [5.41, 5.74) is 1.86. The molecule has 0 saturated heterocycles. The lowest BCUT2D eigenvalue weighted by molar-refractivity contribution is 0.311. The van der Waals surface area contributed by atoms with Crippen molar-refractivity contribution in [2.75, 3.05) is 13.6 Å². The van der Waals surface area contributed by atoms with Crippen molar-refractivity contribution in [2.45, 2.75) is 26.4 Å². The van der Waals surface area contributed by atoms with E-state index in [2.05, 4.69) is 17.0 Å². The third-order valence-electron chi connectivity index (χ3n) is 3.16. The topological polar surface area (TPSA) is 21.1 Å². The van der Waals surface area contributed by atoms with Gasteiger partial charge in [-0.25, -0.2) is 4.39 Å². The van der Waals surface area contributed by atoms with Crippen molar-refractivity contribution in [3.05, 3.63) is 53.6 Å². The molecule has 0 aliphatic carbocycles. The zero-order chi connectivity index (χ0) is 13.7. The standard InChI is InChI=1S/C15H20FN3/c1-13-11-14(5-6-15(13)16)12-18(2)8-4-10-19-9-3-7-17-19/h3,5-7,9,11H,4,8,10,12H2,1-2H3. The van der Waals surface area contributed by atoms with E-state index in [1.807, 2.05) is 29.1 Å². The normalized spacial score (nSPS) is 11.2. The Morgan fingerprint density at radius 1 is 1.37 bits per heavy atom. The molecular weight excluding hydrogens is 241 g/mol. The van der Waals surface area contributed by atoms with E-state index in [4.69, 9.17) is 0 Å². The van der Waals surface area contributed by atoms with Gasteiger partial charge < -0.3 is 4.90 Å². The van der Waals surface area contributed by atoms with Crippen LogP contribution in [0.5, 0.6) is 0 Å². The third-order valence-corrected chi connectivity index (χ3v) is 3.16. The van der Waals surface area contributed by atoms with Gasteiger partial charge in [-0.3, -0.25) is 4.68 Å². The number of benzene rings is 1. The molecule has 0 atom stereocenters. The summed E-state index contributed by atoms with van der Waals surface area (Å²) in [6.07, 6.45) is 4.83. The second-order valence-electron chi connectivity index (χ2n) is 4.94. The number of nitrogens with zero attached hydrogens (tertiary/aromatic N) is 3. The van der Waals surface area contributed by atoms with Gasteiger partial charge in [0.15, 0.2) is 0 Å². The Bertz CT molecular complexity index is 508. The van der Waals surface area contributed by atoms with E-state index in [1.54, 1.807) is 19.2 Å². The lowest BCUT2D eigenvalue weighted by Gasteiger charge is -2.17. The molecule has 0 N–H and O–H groups in total. The van der Waals surface area contributed by atoms with Crippen molar-refractivity contribution < 1.29 is 4.39 Å². The summed E-state index contributed by atoms with van der Waals surface area (Å²) in [6, 6.07) is 7.25. The van der Waals surface area contributed by atoms with Crippen molar-refractivity contribution in [1.29, 1.82) is 0 Å². The van der Waals surface area contributed by atoms with Crippen LogP contribution >= 0.6 is 0 Å². The SMILES string of the molecule is Cc1cc(CN(C)CCCn2cccn2)ccc1F. The first-order valence-electron chi connectivity index (χ1n) is 6.56. The van der Waals surface area contributed by atoms with Crippen LogP contribution in [0.1, 0.15) is 17.5 Å². The quantitative estimate of drug-likeness (QED) is 0.797. The summed E-state index contributed by atoms with van der Waals surface area (Å²) in [6.45, 7) is 4.58. The van der Waals surface area contributed by atoms with Gasteiger partial charge in [0.2, 0.25) is 0 Å². The van der Waals surface area contributed by atoms with Gasteiger partial charge in [-0.2, -0.15) is 5.10 Å². The minimum atomic E-state index is -0.134. The first kappa shape index (κ1) is 13.7. The number of hydrogen-bond acceptors (Lipinski definition) is 2. The molecule has 1 aromatic carbocycles. The number of aromatic nitrogens is 2. The van der Waals surface area contributed by atoms with Gasteiger partial charge in [0.05, 0.1) is 0 Å². The Hall–Kier alpha value is -1.68. The molecule has 19 heavy (non-hydrogen) atoms. The first-order valence-corrected chi connectivity index (χ1v) is 6.56. The maximum atomic E-state index is 13.2. The molecule has 0 radical (unpaired) electrons. The lowest BCUT2D eigenvalue weighted by Crippen LogP contribution is -2.20. The van der Waals surface area contributed by atoms with Crippen LogP contribution in [0.4, 0.5) is 4.39 Å². The van der Waals surface area contributed by atoms with E-state index in [-0.39, 0.29) is 5.82 Å². The van der Waals surface area contributed by atoms with Crippen LogP contribution in [-0.4, -0.2) is 28.3 Å². The second kappa shape index (κ2) is 6.48. The number of aryl methyl sites for hydroxylation is 2. The monoisotopic (exact) mass is 261 g/mol. The van der Waals surface area contributed by atoms with Gasteiger partial charge in [-0.05, 0) is 50.2 Å². The van der Waals surface area contributed by atoms with Gasteiger partial charge in [-0.15, -0.1) is 0 Å². The largest absolute Gasteiger partial charge is 0.302 e. The van der Waals surface area contributed by atoms with Crippen LogP contribution in [0.15, 0.2) is 36.7 Å². The Kier molecular flexibility index (Phi) is 4.68. The maximum absolute atomic E-state index is 13.2. The summed E-state index contributed by atoms with van der Waals surface area (Å²) < 4.78 is 15.1. The number of halogens is 1. The molecule has 0 fully saturated rings. The second-order valence-corrected chi connectivity index (χ2v) is 4.94. The van der Waals surface area contributed by atoms with Gasteiger partial charge in [0.25, 0.3) is 0 Å². The number of hydrogen-bond donors (Lipinski definition) is 0. The molecule has 0 aliphatic heterocycles. The number of rotatable bonds is 6. The van der Waals surface area contributed by atoms with Crippen LogP contribution in [0.25, 0.3) is 0 Å². The van der Waals surface area contributed by atoms with E-state index < -0.39 is 0 Å². The highest BCUT2D eigenvalue weighted by atomic mass is 19.1. The fourth-order valence-corrected chi connectivity index (χ4v) is 2.13. The molecule has 1 heterocycles. The zero-order valence-electron chi connectivity index (χ0n) is 11.5. The molecule has 0 amide bonds. The molecule has 2 aromatic rings. The first-order chi connectivity index (χ1) is 9.15. The van der Waals surface area contributed by atoms with Crippen molar-refractivity contribution in [1.82, 2.24) is 14.7 Å². The predicted molar refractivity (Wildman–Crippen MR) is 74.3 cm³/mol. The van der Waals surface area contributed by atoms with Crippen LogP contribution in [0.2, 0.25) is 0 Å². The summed E-state index contributed by atoms with van der Waals surface area (Å²) in [7, 11) is 2.09. The summed E-state index contributed by atoms with van der Waals surface area (Å²) in [4.78, 5) is 2.25. The minimum absolute atomic E-state index is 0.134. The van der Waals surface area contributed by atoms with E-state index in [0.29, 0.717) is 5.56 Å². The molecule has 3 nitrogen and oxygen atoms in total. The van der Waals surface area contributed by atoms with E-state index in [0.717, 1.165) is 31.6 Å². The molecule has 2 rings (SSSR count). The molecule has 0 spiro atoms. The molecule has 4 heteroatoms. The zero-order valence-corrected chi connectivity index (χ0v) is 11.5. The Balaban J connectivity index is 1.77. The summed E-state index contributed by atoms with van der Waals surface area (Å²) >= 11 is 0. The summed E-state index contributed by atoms with van der Waals surface area (Å²) in [5.74, 6) is -0.134. The smallest absolute Gasteiger partial charge is 0.126 e. The van der Waals surface area contributed by atoms with Crippen LogP contribution in [-0.2, 0) is 13.1 Å². The Labute approximate surface area is 113 Å². The molecule has 1 aromatic heterocycles. The lowest BCUT2D eigenvalue weighted by atomic mass is 10.1. The molecule has 0 bridgehead atoms. The maximum Gasteiger partial charge on any atom is 0.126 e. The molecule has 0 saturated carbocycles.